The van der Waals surface area contributed by atoms with Crippen molar-refractivity contribution in [2.24, 2.45) is 0 Å². The zero-order chi connectivity index (χ0) is 19.2. The van der Waals surface area contributed by atoms with Crippen LogP contribution >= 0.6 is 11.6 Å². The number of carbonyl (C=O) groups excluding carboxylic acids is 2. The van der Waals surface area contributed by atoms with Crippen molar-refractivity contribution in [2.45, 2.75) is 0 Å². The van der Waals surface area contributed by atoms with Crippen molar-refractivity contribution in [1.29, 1.82) is 0 Å². The maximum absolute atomic E-state index is 12.1. The van der Waals surface area contributed by atoms with Crippen LogP contribution in [0.1, 0.15) is 0 Å². The molecule has 1 atom stereocenters. The number of pyridine rings is 1. The Kier molecular flexibility index (Phi) is 6.16. The Balaban J connectivity index is 1.51. The molecule has 2 amide bonds. The second-order valence-corrected chi connectivity index (χ2v) is 7.64. The number of hydrogen-bond donors (Lipinski definition) is 2. The van der Waals surface area contributed by atoms with Crippen LogP contribution in [0.4, 0.5) is 11.4 Å². The second-order valence-electron chi connectivity index (χ2n) is 5.75. The SMILES string of the molecule is O=C(C[S@@](=O)CC(=O)Nc1cnc2ccccc2c1)Nc1ccc(Cl)cc1. The summed E-state index contributed by atoms with van der Waals surface area (Å²) in [5.41, 5.74) is 1.88. The smallest absolute Gasteiger partial charge is 0.237 e. The van der Waals surface area contributed by atoms with Crippen LogP contribution in [0, 0.1) is 0 Å². The van der Waals surface area contributed by atoms with Crippen molar-refractivity contribution >= 4 is 56.5 Å². The molecule has 138 valence electrons. The minimum atomic E-state index is -1.63. The van der Waals surface area contributed by atoms with Crippen LogP contribution in [-0.2, 0) is 20.4 Å². The number of hydrogen-bond acceptors (Lipinski definition) is 4. The van der Waals surface area contributed by atoms with Crippen molar-refractivity contribution in [2.75, 3.05) is 22.1 Å². The number of nitrogens with one attached hydrogen (secondary N) is 2. The zero-order valence-electron chi connectivity index (χ0n) is 14.1. The highest BCUT2D eigenvalue weighted by atomic mass is 35.5. The average Bonchev–Trinajstić information content (AvgIpc) is 2.63. The lowest BCUT2D eigenvalue weighted by Crippen LogP contribution is -2.26. The van der Waals surface area contributed by atoms with E-state index < -0.39 is 22.6 Å². The standard InChI is InChI=1S/C19H16ClN3O3S/c20-14-5-7-15(8-6-14)22-18(24)11-27(26)12-19(25)23-16-9-13-3-1-2-4-17(13)21-10-16/h1-10H,11-12H2,(H,22,24)(H,23,25)/t27-/m1/s1. The van der Waals surface area contributed by atoms with Gasteiger partial charge in [-0.05, 0) is 36.4 Å². The summed E-state index contributed by atoms with van der Waals surface area (Å²) in [6.45, 7) is 0. The van der Waals surface area contributed by atoms with Crippen molar-refractivity contribution in [3.8, 4) is 0 Å². The molecule has 27 heavy (non-hydrogen) atoms. The molecule has 1 aromatic heterocycles. The van der Waals surface area contributed by atoms with Crippen LogP contribution < -0.4 is 10.6 Å². The van der Waals surface area contributed by atoms with Gasteiger partial charge in [0.05, 0.1) is 17.4 Å². The lowest BCUT2D eigenvalue weighted by atomic mass is 10.2. The molecule has 0 radical (unpaired) electrons. The van der Waals surface area contributed by atoms with Crippen LogP contribution in [0.25, 0.3) is 10.9 Å². The van der Waals surface area contributed by atoms with Gasteiger partial charge < -0.3 is 10.6 Å². The monoisotopic (exact) mass is 401 g/mol. The summed E-state index contributed by atoms with van der Waals surface area (Å²) in [6.07, 6.45) is 1.54. The predicted molar refractivity (Wildman–Crippen MR) is 108 cm³/mol. The Morgan fingerprint density at radius 3 is 2.26 bits per heavy atom. The highest BCUT2D eigenvalue weighted by molar-refractivity contribution is 7.86. The molecule has 8 heteroatoms. The molecule has 0 saturated heterocycles. The normalized spacial score (nSPS) is 11.7. The van der Waals surface area contributed by atoms with Gasteiger partial charge in [-0.25, -0.2) is 0 Å². The van der Waals surface area contributed by atoms with E-state index in [0.717, 1.165) is 10.9 Å². The fraction of sp³-hybridized carbons (Fsp3) is 0.105. The first-order valence-electron chi connectivity index (χ1n) is 8.04. The van der Waals surface area contributed by atoms with Gasteiger partial charge in [0.15, 0.2) is 0 Å². The Morgan fingerprint density at radius 2 is 1.56 bits per heavy atom. The molecule has 0 aliphatic rings. The minimum Gasteiger partial charge on any atom is -0.325 e. The van der Waals surface area contributed by atoms with E-state index in [9.17, 15) is 13.8 Å². The molecule has 0 spiro atoms. The Labute approximate surface area is 163 Å². The quantitative estimate of drug-likeness (QED) is 0.663. The number of halogens is 1. The van der Waals surface area contributed by atoms with E-state index in [2.05, 4.69) is 15.6 Å². The number of para-hydroxylation sites is 1. The van der Waals surface area contributed by atoms with Gasteiger partial charge in [0.1, 0.15) is 11.5 Å². The van der Waals surface area contributed by atoms with E-state index in [1.54, 1.807) is 30.3 Å². The minimum absolute atomic E-state index is 0.272. The van der Waals surface area contributed by atoms with Crippen LogP contribution in [0.5, 0.6) is 0 Å². The van der Waals surface area contributed by atoms with Gasteiger partial charge in [0, 0.05) is 26.9 Å². The molecule has 1 heterocycles. The molecular weight excluding hydrogens is 386 g/mol. The zero-order valence-corrected chi connectivity index (χ0v) is 15.7. The maximum atomic E-state index is 12.1. The van der Waals surface area contributed by atoms with E-state index in [1.165, 1.54) is 6.20 Å². The molecule has 6 nitrogen and oxygen atoms in total. The third kappa shape index (κ3) is 5.60. The number of nitrogens with zero attached hydrogens (tertiary/aromatic N) is 1. The molecule has 2 N–H and O–H groups in total. The summed E-state index contributed by atoms with van der Waals surface area (Å²) in [7, 11) is -1.63. The van der Waals surface area contributed by atoms with Crippen molar-refractivity contribution in [3.63, 3.8) is 0 Å². The van der Waals surface area contributed by atoms with Crippen molar-refractivity contribution < 1.29 is 13.8 Å². The van der Waals surface area contributed by atoms with Gasteiger partial charge in [-0.3, -0.25) is 18.8 Å². The summed E-state index contributed by atoms with van der Waals surface area (Å²) in [5.74, 6) is -1.42. The summed E-state index contributed by atoms with van der Waals surface area (Å²) in [6, 6.07) is 15.9. The number of anilines is 2. The van der Waals surface area contributed by atoms with E-state index in [-0.39, 0.29) is 11.5 Å². The molecule has 0 unspecified atom stereocenters. The van der Waals surface area contributed by atoms with Crippen LogP contribution in [0.15, 0.2) is 60.8 Å². The summed E-state index contributed by atoms with van der Waals surface area (Å²) >= 11 is 5.78. The molecule has 0 saturated carbocycles. The van der Waals surface area contributed by atoms with Crippen LogP contribution in [0.2, 0.25) is 5.02 Å². The molecule has 0 aliphatic carbocycles. The topological polar surface area (TPSA) is 88.2 Å². The molecule has 2 aromatic carbocycles. The van der Waals surface area contributed by atoms with E-state index in [0.29, 0.717) is 16.4 Å². The predicted octanol–water partition coefficient (Wildman–Crippen LogP) is 3.21. The molecule has 3 rings (SSSR count). The molecule has 0 fully saturated rings. The van der Waals surface area contributed by atoms with Gasteiger partial charge in [-0.15, -0.1) is 0 Å². The lowest BCUT2D eigenvalue weighted by molar-refractivity contribution is -0.114. The fourth-order valence-corrected chi connectivity index (χ4v) is 3.37. The van der Waals surface area contributed by atoms with Crippen molar-refractivity contribution in [1.82, 2.24) is 4.98 Å². The molecule has 0 bridgehead atoms. The summed E-state index contributed by atoms with van der Waals surface area (Å²) < 4.78 is 12.1. The fourth-order valence-electron chi connectivity index (χ4n) is 2.41. The lowest BCUT2D eigenvalue weighted by Gasteiger charge is -2.07. The summed E-state index contributed by atoms with van der Waals surface area (Å²) in [4.78, 5) is 28.2. The van der Waals surface area contributed by atoms with E-state index in [4.69, 9.17) is 11.6 Å². The van der Waals surface area contributed by atoms with Gasteiger partial charge in [0.2, 0.25) is 11.8 Å². The highest BCUT2D eigenvalue weighted by Gasteiger charge is 2.13. The molecule has 3 aromatic rings. The number of carbonyl (C=O) groups is 2. The van der Waals surface area contributed by atoms with Gasteiger partial charge >= 0.3 is 0 Å². The Morgan fingerprint density at radius 1 is 0.926 bits per heavy atom. The van der Waals surface area contributed by atoms with E-state index in [1.807, 2.05) is 24.3 Å². The second kappa shape index (κ2) is 8.75. The number of amides is 2. The molecular formula is C19H16ClN3O3S. The largest absolute Gasteiger partial charge is 0.325 e. The number of fused-ring (bicyclic) bond motifs is 1. The third-order valence-corrected chi connectivity index (χ3v) is 5.01. The first-order valence-corrected chi connectivity index (χ1v) is 9.91. The Bertz CT molecular complexity index is 1010. The van der Waals surface area contributed by atoms with Crippen molar-refractivity contribution in [3.05, 3.63) is 65.8 Å². The number of aromatic nitrogens is 1. The first kappa shape index (κ1) is 19.0. The van der Waals surface area contributed by atoms with Crippen LogP contribution in [-0.4, -0.2) is 32.5 Å². The van der Waals surface area contributed by atoms with Crippen LogP contribution in [0.3, 0.4) is 0 Å². The highest BCUT2D eigenvalue weighted by Crippen LogP contribution is 2.16. The Hall–Kier alpha value is -2.77. The first-order chi connectivity index (χ1) is 13.0. The average molecular weight is 402 g/mol. The third-order valence-electron chi connectivity index (χ3n) is 3.59. The van der Waals surface area contributed by atoms with Gasteiger partial charge in [0.25, 0.3) is 0 Å². The summed E-state index contributed by atoms with van der Waals surface area (Å²) in [5, 5.41) is 6.70. The van der Waals surface area contributed by atoms with Gasteiger partial charge in [-0.2, -0.15) is 0 Å². The molecule has 0 aliphatic heterocycles. The number of rotatable bonds is 6. The number of benzene rings is 2. The van der Waals surface area contributed by atoms with E-state index >= 15 is 0 Å². The van der Waals surface area contributed by atoms with Gasteiger partial charge in [-0.1, -0.05) is 29.8 Å². The maximum Gasteiger partial charge on any atom is 0.237 e.